The number of methoxy groups -OCH3 is 1. The molecule has 1 heterocycles. The number of halogens is 1. The Bertz CT molecular complexity index is 1030. The number of imide groups is 1. The molecule has 2 amide bonds. The van der Waals surface area contributed by atoms with Crippen molar-refractivity contribution >= 4 is 40.5 Å². The molecule has 0 saturated carbocycles. The number of phenolic OH excluding ortho intramolecular Hbond substituents is 1. The number of ether oxygens (including phenoxy) is 1. The maximum atomic E-state index is 13.0. The number of hydrogen-bond acceptors (Lipinski definition) is 7. The van der Waals surface area contributed by atoms with Crippen LogP contribution >= 0.6 is 22.6 Å². The van der Waals surface area contributed by atoms with Gasteiger partial charge >= 0.3 is 0 Å². The summed E-state index contributed by atoms with van der Waals surface area (Å²) in [5, 5.41) is 41.4. The molecule has 0 bridgehead atoms. The molecule has 1 aromatic carbocycles. The number of aliphatic hydroxyl groups is 3. The normalized spacial score (nSPS) is 23.7. The zero-order valence-corrected chi connectivity index (χ0v) is 22.5. The van der Waals surface area contributed by atoms with E-state index in [-0.39, 0.29) is 37.2 Å². The summed E-state index contributed by atoms with van der Waals surface area (Å²) in [6, 6.07) is 3.57. The molecule has 192 valence electrons. The maximum Gasteiger partial charge on any atom is 0.233 e. The fraction of sp³-hybridized carbons (Fsp3) is 0.538. The van der Waals surface area contributed by atoms with Crippen LogP contribution in [-0.2, 0) is 9.59 Å². The van der Waals surface area contributed by atoms with Crippen LogP contribution in [0.25, 0.3) is 6.08 Å². The van der Waals surface area contributed by atoms with Crippen molar-refractivity contribution in [1.29, 1.82) is 0 Å². The highest BCUT2D eigenvalue weighted by molar-refractivity contribution is 14.1. The van der Waals surface area contributed by atoms with Gasteiger partial charge in [0, 0.05) is 12.5 Å². The Hall–Kier alpha value is -1.95. The number of aliphatic hydroxyl groups excluding tert-OH is 3. The van der Waals surface area contributed by atoms with E-state index in [1.54, 1.807) is 6.07 Å². The van der Waals surface area contributed by atoms with Gasteiger partial charge in [-0.1, -0.05) is 18.6 Å². The highest BCUT2D eigenvalue weighted by Gasteiger charge is 2.54. The summed E-state index contributed by atoms with van der Waals surface area (Å²) in [4.78, 5) is 27.1. The summed E-state index contributed by atoms with van der Waals surface area (Å²) in [7, 11) is 1.49. The number of hydrogen-bond donors (Lipinski definition) is 4. The second kappa shape index (κ2) is 11.9. The smallest absolute Gasteiger partial charge is 0.233 e. The number of benzene rings is 1. The minimum atomic E-state index is -0.962. The number of likely N-dealkylation sites (tertiary alicyclic amines) is 1. The van der Waals surface area contributed by atoms with Gasteiger partial charge in [0.1, 0.15) is 0 Å². The lowest BCUT2D eigenvalue weighted by atomic mass is 9.68. The molecule has 9 heteroatoms. The molecular formula is C26H34INO7. The monoisotopic (exact) mass is 599 g/mol. The number of carbonyl (C=O) groups excluding carboxylic acids is 2. The fourth-order valence-electron chi connectivity index (χ4n) is 5.32. The molecule has 1 aromatic rings. The van der Waals surface area contributed by atoms with Gasteiger partial charge in [0.25, 0.3) is 0 Å². The third kappa shape index (κ3) is 5.58. The van der Waals surface area contributed by atoms with E-state index in [2.05, 4.69) is 0 Å². The van der Waals surface area contributed by atoms with Crippen molar-refractivity contribution in [1.82, 2.24) is 4.90 Å². The van der Waals surface area contributed by atoms with Crippen molar-refractivity contribution < 1.29 is 34.8 Å². The molecule has 8 nitrogen and oxygen atoms in total. The van der Waals surface area contributed by atoms with Crippen molar-refractivity contribution in [2.45, 2.75) is 45.6 Å². The largest absolute Gasteiger partial charge is 0.504 e. The second-order valence-electron chi connectivity index (χ2n) is 9.27. The van der Waals surface area contributed by atoms with Crippen LogP contribution in [0.4, 0.5) is 0 Å². The van der Waals surface area contributed by atoms with Crippen LogP contribution < -0.4 is 4.74 Å². The number of rotatable bonds is 10. The summed E-state index contributed by atoms with van der Waals surface area (Å²) >= 11 is 2.03. The molecule has 35 heavy (non-hydrogen) atoms. The van der Waals surface area contributed by atoms with Crippen LogP contribution in [0, 0.1) is 21.3 Å². The number of amides is 2. The predicted molar refractivity (Wildman–Crippen MR) is 140 cm³/mol. The van der Waals surface area contributed by atoms with Gasteiger partial charge < -0.3 is 25.2 Å². The van der Waals surface area contributed by atoms with Gasteiger partial charge in [0.2, 0.25) is 11.8 Å². The van der Waals surface area contributed by atoms with E-state index in [0.717, 1.165) is 11.1 Å². The Morgan fingerprint density at radius 3 is 2.60 bits per heavy atom. The van der Waals surface area contributed by atoms with Gasteiger partial charge in [0.15, 0.2) is 11.5 Å². The number of carbonyl (C=O) groups is 2. The second-order valence-corrected chi connectivity index (χ2v) is 10.4. The lowest BCUT2D eigenvalue weighted by Crippen LogP contribution is -2.39. The molecule has 0 radical (unpaired) electrons. The van der Waals surface area contributed by atoms with Gasteiger partial charge in [-0.3, -0.25) is 14.5 Å². The molecule has 1 fully saturated rings. The Morgan fingerprint density at radius 2 is 2.00 bits per heavy atom. The lowest BCUT2D eigenvalue weighted by Gasteiger charge is -2.36. The Morgan fingerprint density at radius 1 is 1.29 bits per heavy atom. The third-order valence-corrected chi connectivity index (χ3v) is 7.79. The molecule has 1 aliphatic carbocycles. The minimum absolute atomic E-state index is 0.0879. The molecular weight excluding hydrogens is 565 g/mol. The van der Waals surface area contributed by atoms with E-state index in [9.17, 15) is 30.0 Å². The summed E-state index contributed by atoms with van der Waals surface area (Å²) in [6.07, 6.45) is 2.72. The van der Waals surface area contributed by atoms with Crippen molar-refractivity contribution in [3.05, 3.63) is 38.0 Å². The highest BCUT2D eigenvalue weighted by Crippen LogP contribution is 2.46. The van der Waals surface area contributed by atoms with Crippen molar-refractivity contribution in [2.24, 2.45) is 17.8 Å². The van der Waals surface area contributed by atoms with E-state index in [4.69, 9.17) is 4.74 Å². The first-order valence-corrected chi connectivity index (χ1v) is 13.0. The molecule has 0 unspecified atom stereocenters. The standard InChI is InChI=1S/C26H34INO7/c1-4-7-28-25(33)17-11-16(12-29)22(18(13-30)23(17)26(28)34)20(31)6-5-14(2)8-15-9-19(27)24(32)21(10-15)35-3/h8-10,17-18,20,23,29-32H,4-7,11-13H2,1-3H3/b14-8+/t17-,18+,20-,23-/m1/s1. The number of fused-ring (bicyclic) bond motifs is 1. The molecule has 2 aliphatic rings. The molecule has 1 aliphatic heterocycles. The average Bonchev–Trinajstić information content (AvgIpc) is 3.08. The van der Waals surface area contributed by atoms with Crippen LogP contribution in [0.2, 0.25) is 0 Å². The first-order chi connectivity index (χ1) is 16.7. The Kier molecular flexibility index (Phi) is 9.36. The first-order valence-electron chi connectivity index (χ1n) is 11.9. The van der Waals surface area contributed by atoms with Crippen LogP contribution in [0.3, 0.4) is 0 Å². The van der Waals surface area contributed by atoms with Crippen molar-refractivity contribution in [3.8, 4) is 11.5 Å². The first kappa shape index (κ1) is 27.6. The lowest BCUT2D eigenvalue weighted by molar-refractivity contribution is -0.140. The summed E-state index contributed by atoms with van der Waals surface area (Å²) in [5.41, 5.74) is 2.86. The molecule has 3 rings (SSSR count). The summed E-state index contributed by atoms with van der Waals surface area (Å²) in [6.45, 7) is 3.45. The van der Waals surface area contributed by atoms with E-state index in [1.807, 2.05) is 48.6 Å². The SMILES string of the molecule is CCCN1C(=O)[C@@H]2[C@@H](CC(CO)=C([C@H](O)CC/C(C)=C/c3cc(I)c(O)c(OC)c3)[C@@H]2CO)C1=O. The quantitative estimate of drug-likeness (QED) is 0.185. The Labute approximate surface area is 219 Å². The molecule has 0 spiro atoms. The number of phenols is 1. The summed E-state index contributed by atoms with van der Waals surface area (Å²) < 4.78 is 5.88. The maximum absolute atomic E-state index is 13.0. The van der Waals surface area contributed by atoms with Gasteiger partial charge in [-0.25, -0.2) is 0 Å². The van der Waals surface area contributed by atoms with E-state index in [0.29, 0.717) is 46.3 Å². The predicted octanol–water partition coefficient (Wildman–Crippen LogP) is 2.86. The van der Waals surface area contributed by atoms with Gasteiger partial charge in [-0.05, 0) is 84.0 Å². The number of nitrogens with zero attached hydrogens (tertiary/aromatic N) is 1. The van der Waals surface area contributed by atoms with Crippen molar-refractivity contribution in [3.63, 3.8) is 0 Å². The van der Waals surface area contributed by atoms with Crippen molar-refractivity contribution in [2.75, 3.05) is 26.9 Å². The third-order valence-electron chi connectivity index (χ3n) is 6.97. The fourth-order valence-corrected chi connectivity index (χ4v) is 5.95. The average molecular weight is 599 g/mol. The topological polar surface area (TPSA) is 128 Å². The molecule has 4 atom stereocenters. The van der Waals surface area contributed by atoms with Crippen LogP contribution in [0.5, 0.6) is 11.5 Å². The Balaban J connectivity index is 1.80. The minimum Gasteiger partial charge on any atom is -0.504 e. The van der Waals surface area contributed by atoms with Gasteiger partial charge in [-0.15, -0.1) is 0 Å². The van der Waals surface area contributed by atoms with E-state index >= 15 is 0 Å². The van der Waals surface area contributed by atoms with Crippen LogP contribution in [0.15, 0.2) is 28.9 Å². The molecule has 4 N–H and O–H groups in total. The molecule has 0 aromatic heterocycles. The van der Waals surface area contributed by atoms with Crippen LogP contribution in [-0.4, -0.2) is 70.1 Å². The zero-order chi connectivity index (χ0) is 25.9. The highest BCUT2D eigenvalue weighted by atomic mass is 127. The van der Waals surface area contributed by atoms with E-state index < -0.39 is 23.9 Å². The van der Waals surface area contributed by atoms with Gasteiger partial charge in [-0.2, -0.15) is 0 Å². The van der Waals surface area contributed by atoms with E-state index in [1.165, 1.54) is 12.0 Å². The van der Waals surface area contributed by atoms with Crippen LogP contribution in [0.1, 0.15) is 45.1 Å². The number of aromatic hydroxyl groups is 1. The zero-order valence-electron chi connectivity index (χ0n) is 20.3. The molecule has 1 saturated heterocycles. The summed E-state index contributed by atoms with van der Waals surface area (Å²) in [5.74, 6) is -2.09. The van der Waals surface area contributed by atoms with Gasteiger partial charge in [0.05, 0.1) is 41.8 Å². The number of allylic oxidation sites excluding steroid dienone is 1.